The molecular weight excluding hydrogens is 404 g/mol. The van der Waals surface area contributed by atoms with Gasteiger partial charge in [-0.15, -0.1) is 6.58 Å². The maximum absolute atomic E-state index is 8.00. The van der Waals surface area contributed by atoms with Crippen LogP contribution in [0.3, 0.4) is 0 Å². The van der Waals surface area contributed by atoms with Gasteiger partial charge >= 0.3 is 0 Å². The van der Waals surface area contributed by atoms with E-state index in [1.165, 1.54) is 85.6 Å². The number of fused-ring (bicyclic) bond motifs is 3. The first kappa shape index (κ1) is 26.7. The lowest BCUT2D eigenvalue weighted by Gasteiger charge is -2.16. The summed E-state index contributed by atoms with van der Waals surface area (Å²) in [6.07, 6.45) is 14.3. The van der Waals surface area contributed by atoms with Gasteiger partial charge in [0.15, 0.2) is 0 Å². The van der Waals surface area contributed by atoms with Crippen LogP contribution in [0.5, 0.6) is 0 Å². The molecule has 0 radical (unpaired) electrons. The highest BCUT2D eigenvalue weighted by atomic mass is 16.1. The highest BCUT2D eigenvalue weighted by Gasteiger charge is 2.26. The van der Waals surface area contributed by atoms with Gasteiger partial charge in [-0.25, -0.2) is 0 Å². The number of benzene rings is 2. The number of carbonyl (C=O) groups is 1. The summed E-state index contributed by atoms with van der Waals surface area (Å²) >= 11 is 0. The summed E-state index contributed by atoms with van der Waals surface area (Å²) in [6, 6.07) is 4.49. The van der Waals surface area contributed by atoms with Crippen molar-refractivity contribution in [1.29, 1.82) is 0 Å². The van der Waals surface area contributed by atoms with E-state index in [0.29, 0.717) is 5.92 Å². The average Bonchev–Trinajstić information content (AvgIpc) is 3.59. The SMILES string of the molecule is C=CCc1c2c(c(N)c3c1CCC3)CCC2.C=O.CC.CC(C)c1cc2c(cc1N)CCC2. The second-order valence-corrected chi connectivity index (χ2v) is 9.26. The van der Waals surface area contributed by atoms with Gasteiger partial charge in [0, 0.05) is 11.4 Å². The minimum Gasteiger partial charge on any atom is -0.398 e. The summed E-state index contributed by atoms with van der Waals surface area (Å²) in [5.74, 6) is 0.547. The van der Waals surface area contributed by atoms with Crippen LogP contribution in [0.15, 0.2) is 24.8 Å². The molecule has 0 fully saturated rings. The van der Waals surface area contributed by atoms with Crippen LogP contribution in [0.4, 0.5) is 11.4 Å². The fourth-order valence-electron chi connectivity index (χ4n) is 5.67. The normalized spacial score (nSPS) is 14.6. The lowest BCUT2D eigenvalue weighted by molar-refractivity contribution is -0.0979. The van der Waals surface area contributed by atoms with E-state index >= 15 is 0 Å². The molecule has 2 aromatic carbocycles. The standard InChI is InChI=1S/C15H19N.C12H17N.C2H6.CH2O/c1-2-5-10-11-6-3-8-13(11)15(16)14-9-4-7-12(10)14;1-8(2)11-6-9-4-3-5-10(9)7-12(11)13;2*1-2/h2H,1,3-9,16H2;6-8H,3-5,13H2,1-2H3;1-2H3;1H2. The Bertz CT molecular complexity index is 923. The summed E-state index contributed by atoms with van der Waals surface area (Å²) in [4.78, 5) is 8.00. The second-order valence-electron chi connectivity index (χ2n) is 9.26. The zero-order chi connectivity index (χ0) is 24.5. The molecule has 5 rings (SSSR count). The van der Waals surface area contributed by atoms with Gasteiger partial charge in [-0.1, -0.05) is 39.8 Å². The molecule has 2 aromatic rings. The van der Waals surface area contributed by atoms with E-state index in [9.17, 15) is 0 Å². The zero-order valence-corrected chi connectivity index (χ0v) is 21.4. The van der Waals surface area contributed by atoms with Crippen LogP contribution in [0.1, 0.15) is 97.4 Å². The highest BCUT2D eigenvalue weighted by molar-refractivity contribution is 5.66. The molecule has 3 nitrogen and oxygen atoms in total. The third-order valence-corrected chi connectivity index (χ3v) is 7.08. The lowest BCUT2D eigenvalue weighted by atomic mass is 9.90. The molecule has 0 bridgehead atoms. The molecule has 3 aliphatic carbocycles. The minimum absolute atomic E-state index is 0.547. The van der Waals surface area contributed by atoms with Gasteiger partial charge in [0.2, 0.25) is 0 Å². The van der Waals surface area contributed by atoms with Gasteiger partial charge in [0.05, 0.1) is 0 Å². The van der Waals surface area contributed by atoms with Crippen LogP contribution in [0, 0.1) is 0 Å². The molecule has 180 valence electrons. The number of hydrogen-bond acceptors (Lipinski definition) is 3. The van der Waals surface area contributed by atoms with Crippen LogP contribution in [-0.4, -0.2) is 6.79 Å². The third kappa shape index (κ3) is 5.69. The van der Waals surface area contributed by atoms with Gasteiger partial charge in [-0.3, -0.25) is 0 Å². The Balaban J connectivity index is 0.000000207. The Morgan fingerprint density at radius 3 is 1.76 bits per heavy atom. The molecule has 0 spiro atoms. The monoisotopic (exact) mass is 448 g/mol. The predicted octanol–water partition coefficient (Wildman–Crippen LogP) is 6.70. The van der Waals surface area contributed by atoms with Crippen LogP contribution in [0.25, 0.3) is 0 Å². The molecule has 0 aromatic heterocycles. The van der Waals surface area contributed by atoms with Crippen molar-refractivity contribution in [1.82, 2.24) is 0 Å². The summed E-state index contributed by atoms with van der Waals surface area (Å²) < 4.78 is 0. The van der Waals surface area contributed by atoms with Gasteiger partial charge in [-0.05, 0) is 121 Å². The minimum atomic E-state index is 0.547. The molecule has 0 atom stereocenters. The molecular formula is C30H44N2O. The smallest absolute Gasteiger partial charge is 0.106 e. The largest absolute Gasteiger partial charge is 0.398 e. The first-order valence-corrected chi connectivity index (χ1v) is 12.8. The first-order chi connectivity index (χ1) is 16.0. The van der Waals surface area contributed by atoms with Gasteiger partial charge in [0.25, 0.3) is 0 Å². The van der Waals surface area contributed by atoms with Crippen LogP contribution >= 0.6 is 0 Å². The van der Waals surface area contributed by atoms with E-state index in [2.05, 4.69) is 32.6 Å². The number of carbonyl (C=O) groups excluding carboxylic acids is 1. The van der Waals surface area contributed by atoms with Crippen molar-refractivity contribution in [2.75, 3.05) is 11.5 Å². The average molecular weight is 449 g/mol. The summed E-state index contributed by atoms with van der Waals surface area (Å²) in [6.45, 7) is 14.3. The number of anilines is 2. The summed E-state index contributed by atoms with van der Waals surface area (Å²) in [5, 5.41) is 0. The topological polar surface area (TPSA) is 69.1 Å². The molecule has 0 amide bonds. The number of nitrogen functional groups attached to an aromatic ring is 2. The van der Waals surface area contributed by atoms with Gasteiger partial charge < -0.3 is 16.3 Å². The quantitative estimate of drug-likeness (QED) is 0.405. The molecule has 0 saturated heterocycles. The number of rotatable bonds is 3. The molecule has 4 N–H and O–H groups in total. The van der Waals surface area contributed by atoms with Gasteiger partial charge in [-0.2, -0.15) is 0 Å². The van der Waals surface area contributed by atoms with Crippen molar-refractivity contribution in [3.05, 3.63) is 69.3 Å². The Kier molecular flexibility index (Phi) is 10.2. The molecule has 0 aliphatic heterocycles. The van der Waals surface area contributed by atoms with Crippen molar-refractivity contribution in [2.24, 2.45) is 0 Å². The van der Waals surface area contributed by atoms with Crippen molar-refractivity contribution in [3.8, 4) is 0 Å². The fourth-order valence-corrected chi connectivity index (χ4v) is 5.67. The molecule has 3 heteroatoms. The Labute approximate surface area is 201 Å². The van der Waals surface area contributed by atoms with Crippen molar-refractivity contribution >= 4 is 18.2 Å². The molecule has 0 heterocycles. The Hall–Kier alpha value is -2.55. The Morgan fingerprint density at radius 1 is 0.818 bits per heavy atom. The summed E-state index contributed by atoms with van der Waals surface area (Å²) in [5.41, 5.74) is 26.4. The van der Waals surface area contributed by atoms with E-state index in [0.717, 1.165) is 17.8 Å². The van der Waals surface area contributed by atoms with E-state index in [1.54, 1.807) is 16.7 Å². The number of nitrogens with two attached hydrogens (primary N) is 2. The first-order valence-electron chi connectivity index (χ1n) is 12.8. The predicted molar refractivity (Wildman–Crippen MR) is 144 cm³/mol. The highest BCUT2D eigenvalue weighted by Crippen LogP contribution is 2.40. The maximum atomic E-state index is 8.00. The third-order valence-electron chi connectivity index (χ3n) is 7.08. The van der Waals surface area contributed by atoms with Crippen molar-refractivity contribution in [2.45, 2.75) is 97.8 Å². The van der Waals surface area contributed by atoms with Crippen LogP contribution < -0.4 is 11.5 Å². The van der Waals surface area contributed by atoms with Crippen molar-refractivity contribution in [3.63, 3.8) is 0 Å². The van der Waals surface area contributed by atoms with Crippen LogP contribution in [-0.2, 0) is 49.7 Å². The maximum Gasteiger partial charge on any atom is 0.106 e. The number of aryl methyl sites for hydroxylation is 2. The van der Waals surface area contributed by atoms with Crippen molar-refractivity contribution < 1.29 is 4.79 Å². The van der Waals surface area contributed by atoms with Gasteiger partial charge in [0.1, 0.15) is 6.79 Å². The van der Waals surface area contributed by atoms with Crippen LogP contribution in [0.2, 0.25) is 0 Å². The second kappa shape index (κ2) is 12.6. The molecule has 33 heavy (non-hydrogen) atoms. The zero-order valence-electron chi connectivity index (χ0n) is 21.4. The Morgan fingerprint density at radius 2 is 1.27 bits per heavy atom. The molecule has 3 aliphatic rings. The van der Waals surface area contributed by atoms with E-state index in [-0.39, 0.29) is 0 Å². The van der Waals surface area contributed by atoms with E-state index in [1.807, 2.05) is 26.7 Å². The number of hydrogen-bond donors (Lipinski definition) is 2. The summed E-state index contributed by atoms with van der Waals surface area (Å²) in [7, 11) is 0. The van der Waals surface area contributed by atoms with E-state index in [4.69, 9.17) is 16.3 Å². The number of allylic oxidation sites excluding steroid dienone is 1. The fraction of sp³-hybridized carbons (Fsp3) is 0.500. The van der Waals surface area contributed by atoms with E-state index < -0.39 is 0 Å². The molecule has 0 unspecified atom stereocenters. The molecule has 0 saturated carbocycles. The lowest BCUT2D eigenvalue weighted by Crippen LogP contribution is -2.05.